The van der Waals surface area contributed by atoms with Gasteiger partial charge in [0.15, 0.2) is 16.4 Å². The summed E-state index contributed by atoms with van der Waals surface area (Å²) < 4.78 is 41.2. The third kappa shape index (κ3) is 5.69. The van der Waals surface area contributed by atoms with Crippen LogP contribution >= 0.6 is 0 Å². The number of benzene rings is 4. The molecule has 4 aromatic carbocycles. The molecular formula is C33H32N2O5S. The van der Waals surface area contributed by atoms with Gasteiger partial charge in [0.1, 0.15) is 0 Å². The van der Waals surface area contributed by atoms with Crippen molar-refractivity contribution in [3.63, 3.8) is 0 Å². The molecule has 0 saturated carbocycles. The van der Waals surface area contributed by atoms with E-state index in [0.29, 0.717) is 28.3 Å². The second kappa shape index (κ2) is 11.9. The summed E-state index contributed by atoms with van der Waals surface area (Å²) in [5.41, 5.74) is 3.97. The van der Waals surface area contributed by atoms with E-state index in [2.05, 4.69) is 0 Å². The Kier molecular flexibility index (Phi) is 8.12. The van der Waals surface area contributed by atoms with Gasteiger partial charge in [-0.2, -0.15) is 0 Å². The molecule has 0 saturated heterocycles. The van der Waals surface area contributed by atoms with E-state index >= 15 is 0 Å². The third-order valence-corrected chi connectivity index (χ3v) is 9.05. The quantitative estimate of drug-likeness (QED) is 0.247. The third-order valence-electron chi connectivity index (χ3n) is 7.15. The number of rotatable bonds is 9. The van der Waals surface area contributed by atoms with E-state index in [1.165, 1.54) is 18.5 Å². The summed E-state index contributed by atoms with van der Waals surface area (Å²) in [6, 6.07) is 31.8. The van der Waals surface area contributed by atoms with Crippen LogP contribution in [0.5, 0.6) is 11.5 Å². The van der Waals surface area contributed by atoms with Crippen molar-refractivity contribution in [1.82, 2.24) is 4.90 Å². The lowest BCUT2D eigenvalue weighted by atomic mass is 10.0. The fourth-order valence-corrected chi connectivity index (χ4v) is 6.87. The lowest BCUT2D eigenvalue weighted by Gasteiger charge is -2.35. The number of fused-ring (bicyclic) bond motifs is 1. The van der Waals surface area contributed by atoms with E-state index in [1.807, 2.05) is 91.0 Å². The monoisotopic (exact) mass is 568 g/mol. The van der Waals surface area contributed by atoms with E-state index in [9.17, 15) is 13.2 Å². The topological polar surface area (TPSA) is 76.1 Å². The summed E-state index contributed by atoms with van der Waals surface area (Å²) in [5, 5.41) is 0. The number of carbonyl (C=O) groups excluding carboxylic acids is 1. The Labute approximate surface area is 241 Å². The standard InChI is InChI=1S/C33H32N2O5S/c1-24-28-19-30(39-2)31(40-3)20-29(28)35(23-27-17-11-6-12-18-27)41(37,38)32(24)33(36)34(21-25-13-7-4-8-14-25)22-26-15-9-5-10-16-26/h4-20H,21-23H2,1-3H3. The Morgan fingerprint density at radius 1 is 0.732 bits per heavy atom. The van der Waals surface area contributed by atoms with Gasteiger partial charge in [-0.1, -0.05) is 91.0 Å². The first-order valence-corrected chi connectivity index (χ1v) is 14.7. The van der Waals surface area contributed by atoms with Crippen LogP contribution in [0, 0.1) is 0 Å². The van der Waals surface area contributed by atoms with Crippen LogP contribution in [0.4, 0.5) is 5.69 Å². The molecule has 0 spiro atoms. The molecule has 0 aliphatic carbocycles. The minimum atomic E-state index is -4.27. The molecule has 1 aliphatic heterocycles. The maximum atomic E-state index is 14.4. The van der Waals surface area contributed by atoms with Crippen LogP contribution in [0.15, 0.2) is 108 Å². The zero-order valence-electron chi connectivity index (χ0n) is 23.3. The predicted octanol–water partition coefficient (Wildman–Crippen LogP) is 6.01. The highest BCUT2D eigenvalue weighted by Gasteiger charge is 2.42. The lowest BCUT2D eigenvalue weighted by Crippen LogP contribution is -2.42. The lowest BCUT2D eigenvalue weighted by molar-refractivity contribution is -0.127. The summed E-state index contributed by atoms with van der Waals surface area (Å²) in [6.45, 7) is 2.22. The van der Waals surface area contributed by atoms with Gasteiger partial charge >= 0.3 is 0 Å². The highest BCUT2D eigenvalue weighted by atomic mass is 32.2. The second-order valence-electron chi connectivity index (χ2n) is 9.81. The van der Waals surface area contributed by atoms with E-state index in [-0.39, 0.29) is 24.5 Å². The number of nitrogens with zero attached hydrogens (tertiary/aromatic N) is 2. The van der Waals surface area contributed by atoms with Crippen molar-refractivity contribution in [3.8, 4) is 11.5 Å². The first kappa shape index (κ1) is 28.0. The molecule has 0 bridgehead atoms. The smallest absolute Gasteiger partial charge is 0.270 e. The van der Waals surface area contributed by atoms with Crippen LogP contribution in [0.3, 0.4) is 0 Å². The van der Waals surface area contributed by atoms with Crippen molar-refractivity contribution in [3.05, 3.63) is 130 Å². The van der Waals surface area contributed by atoms with Crippen molar-refractivity contribution in [2.45, 2.75) is 26.6 Å². The molecule has 0 atom stereocenters. The van der Waals surface area contributed by atoms with Crippen molar-refractivity contribution < 1.29 is 22.7 Å². The highest BCUT2D eigenvalue weighted by Crippen LogP contribution is 2.46. The Balaban J connectivity index is 1.67. The van der Waals surface area contributed by atoms with E-state index in [1.54, 1.807) is 24.0 Å². The molecule has 0 N–H and O–H groups in total. The number of hydrogen-bond acceptors (Lipinski definition) is 5. The average Bonchev–Trinajstić information content (AvgIpc) is 2.99. The average molecular weight is 569 g/mol. The maximum absolute atomic E-state index is 14.4. The zero-order valence-corrected chi connectivity index (χ0v) is 24.1. The summed E-state index contributed by atoms with van der Waals surface area (Å²) in [5.74, 6) is 0.285. The van der Waals surface area contributed by atoms with Crippen LogP contribution in [-0.2, 0) is 34.5 Å². The Hall–Kier alpha value is -4.56. The van der Waals surface area contributed by atoms with Gasteiger partial charge < -0.3 is 14.4 Å². The van der Waals surface area contributed by atoms with Crippen molar-refractivity contribution in [1.29, 1.82) is 0 Å². The Morgan fingerprint density at radius 2 is 1.20 bits per heavy atom. The van der Waals surface area contributed by atoms with Gasteiger partial charge in [-0.25, -0.2) is 8.42 Å². The van der Waals surface area contributed by atoms with Crippen molar-refractivity contribution in [2.24, 2.45) is 0 Å². The van der Waals surface area contributed by atoms with Gasteiger partial charge in [0.05, 0.1) is 26.5 Å². The fraction of sp³-hybridized carbons (Fsp3) is 0.182. The minimum absolute atomic E-state index is 0.0487. The molecule has 7 nitrogen and oxygen atoms in total. The van der Waals surface area contributed by atoms with Crippen LogP contribution in [0.2, 0.25) is 0 Å². The van der Waals surface area contributed by atoms with Gasteiger partial charge in [0, 0.05) is 24.7 Å². The summed E-state index contributed by atoms with van der Waals surface area (Å²) in [6.07, 6.45) is 0. The number of anilines is 1. The van der Waals surface area contributed by atoms with E-state index in [4.69, 9.17) is 9.47 Å². The van der Waals surface area contributed by atoms with Crippen LogP contribution in [0.1, 0.15) is 29.2 Å². The maximum Gasteiger partial charge on any atom is 0.270 e. The normalized spacial score (nSPS) is 13.9. The first-order chi connectivity index (χ1) is 19.8. The molecule has 8 heteroatoms. The number of allylic oxidation sites excluding steroid dienone is 1. The van der Waals surface area contributed by atoms with Gasteiger partial charge in [-0.15, -0.1) is 0 Å². The number of hydrogen-bond donors (Lipinski definition) is 0. The SMILES string of the molecule is COc1cc2c(cc1OC)N(Cc1ccccc1)S(=O)(=O)C(C(=O)N(Cc1ccccc1)Cc1ccccc1)=C2C. The number of sulfonamides is 1. The van der Waals surface area contributed by atoms with Crippen LogP contribution in [-0.4, -0.2) is 33.4 Å². The largest absolute Gasteiger partial charge is 0.493 e. The number of carbonyl (C=O) groups is 1. The Bertz CT molecular complexity index is 1630. The molecule has 0 aromatic heterocycles. The highest BCUT2D eigenvalue weighted by molar-refractivity contribution is 7.97. The number of methoxy groups -OCH3 is 2. The predicted molar refractivity (Wildman–Crippen MR) is 161 cm³/mol. The molecule has 4 aromatic rings. The molecule has 1 heterocycles. The van der Waals surface area contributed by atoms with Gasteiger partial charge in [-0.3, -0.25) is 9.10 Å². The summed E-state index contributed by atoms with van der Waals surface area (Å²) in [7, 11) is -1.24. The first-order valence-electron chi connectivity index (χ1n) is 13.2. The zero-order chi connectivity index (χ0) is 29.0. The molecule has 0 unspecified atom stereocenters. The van der Waals surface area contributed by atoms with Gasteiger partial charge in [-0.05, 0) is 35.3 Å². The summed E-state index contributed by atoms with van der Waals surface area (Å²) >= 11 is 0. The van der Waals surface area contributed by atoms with Crippen LogP contribution in [0.25, 0.3) is 5.57 Å². The molecular weight excluding hydrogens is 536 g/mol. The number of amides is 1. The number of ether oxygens (including phenoxy) is 2. The van der Waals surface area contributed by atoms with E-state index in [0.717, 1.165) is 16.7 Å². The summed E-state index contributed by atoms with van der Waals surface area (Å²) in [4.78, 5) is 15.8. The molecule has 1 amide bonds. The van der Waals surface area contributed by atoms with Gasteiger partial charge in [0.2, 0.25) is 0 Å². The Morgan fingerprint density at radius 3 is 1.68 bits per heavy atom. The molecule has 41 heavy (non-hydrogen) atoms. The molecule has 1 aliphatic rings. The molecule has 5 rings (SSSR count). The fourth-order valence-electron chi connectivity index (χ4n) is 5.07. The van der Waals surface area contributed by atoms with Crippen LogP contribution < -0.4 is 13.8 Å². The van der Waals surface area contributed by atoms with Gasteiger partial charge in [0.25, 0.3) is 15.9 Å². The molecule has 210 valence electrons. The minimum Gasteiger partial charge on any atom is -0.493 e. The van der Waals surface area contributed by atoms with E-state index < -0.39 is 15.9 Å². The second-order valence-corrected chi connectivity index (χ2v) is 11.6. The van der Waals surface area contributed by atoms with Crippen molar-refractivity contribution >= 4 is 27.2 Å². The molecule has 0 fully saturated rings. The van der Waals surface area contributed by atoms with Crippen molar-refractivity contribution in [2.75, 3.05) is 18.5 Å². The molecule has 0 radical (unpaired) electrons.